The van der Waals surface area contributed by atoms with Crippen LogP contribution in [0.15, 0.2) is 0 Å². The van der Waals surface area contributed by atoms with Crippen LogP contribution in [0.1, 0.15) is 13.3 Å². The minimum Gasteiger partial charge on any atom is -0.396 e. The number of hydrogen-bond donors (Lipinski definition) is 2. The van der Waals surface area contributed by atoms with Crippen LogP contribution in [0.4, 0.5) is 0 Å². The average molecular weight is 190 g/mol. The fourth-order valence-electron chi connectivity index (χ4n) is 2.06. The SMILES string of the molecule is CO[C@@H]1C(CO)CC(C)(OC)C1O. The molecule has 0 aromatic rings. The van der Waals surface area contributed by atoms with Crippen molar-refractivity contribution in [3.63, 3.8) is 0 Å². The first-order chi connectivity index (χ1) is 6.09. The van der Waals surface area contributed by atoms with Gasteiger partial charge in [0.15, 0.2) is 0 Å². The lowest BCUT2D eigenvalue weighted by Gasteiger charge is -2.27. The molecule has 0 aliphatic heterocycles. The van der Waals surface area contributed by atoms with E-state index in [4.69, 9.17) is 14.6 Å². The highest BCUT2D eigenvalue weighted by Crippen LogP contribution is 2.38. The maximum atomic E-state index is 9.85. The lowest BCUT2D eigenvalue weighted by molar-refractivity contribution is -0.107. The Morgan fingerprint density at radius 2 is 2.08 bits per heavy atom. The Labute approximate surface area is 78.5 Å². The Balaban J connectivity index is 2.76. The van der Waals surface area contributed by atoms with Gasteiger partial charge in [-0.3, -0.25) is 0 Å². The molecule has 0 radical (unpaired) electrons. The highest BCUT2D eigenvalue weighted by molar-refractivity contribution is 5.01. The third kappa shape index (κ3) is 1.72. The lowest BCUT2D eigenvalue weighted by atomic mass is 10.0. The van der Waals surface area contributed by atoms with E-state index in [2.05, 4.69) is 0 Å². The summed E-state index contributed by atoms with van der Waals surface area (Å²) in [4.78, 5) is 0. The Hall–Kier alpha value is -0.160. The summed E-state index contributed by atoms with van der Waals surface area (Å²) in [6.07, 6.45) is -0.366. The van der Waals surface area contributed by atoms with Crippen molar-refractivity contribution in [1.82, 2.24) is 0 Å². The van der Waals surface area contributed by atoms with Crippen LogP contribution in [0.2, 0.25) is 0 Å². The average Bonchev–Trinajstić information content (AvgIpc) is 2.40. The van der Waals surface area contributed by atoms with Crippen LogP contribution in [-0.4, -0.2) is 48.8 Å². The van der Waals surface area contributed by atoms with Gasteiger partial charge in [0.05, 0.1) is 11.7 Å². The van der Waals surface area contributed by atoms with Crippen LogP contribution in [0.5, 0.6) is 0 Å². The van der Waals surface area contributed by atoms with Crippen molar-refractivity contribution in [1.29, 1.82) is 0 Å². The Morgan fingerprint density at radius 3 is 2.38 bits per heavy atom. The van der Waals surface area contributed by atoms with Crippen molar-refractivity contribution >= 4 is 0 Å². The van der Waals surface area contributed by atoms with E-state index < -0.39 is 11.7 Å². The molecule has 78 valence electrons. The van der Waals surface area contributed by atoms with Gasteiger partial charge in [-0.1, -0.05) is 0 Å². The summed E-state index contributed by atoms with van der Waals surface area (Å²) < 4.78 is 10.4. The van der Waals surface area contributed by atoms with E-state index in [-0.39, 0.29) is 18.6 Å². The second-order valence-electron chi connectivity index (χ2n) is 3.81. The summed E-state index contributed by atoms with van der Waals surface area (Å²) >= 11 is 0. The molecule has 0 heterocycles. The van der Waals surface area contributed by atoms with Crippen molar-refractivity contribution in [2.45, 2.75) is 31.2 Å². The topological polar surface area (TPSA) is 58.9 Å². The van der Waals surface area contributed by atoms with E-state index in [0.29, 0.717) is 6.42 Å². The van der Waals surface area contributed by atoms with Gasteiger partial charge in [0.2, 0.25) is 0 Å². The van der Waals surface area contributed by atoms with Gasteiger partial charge in [0, 0.05) is 26.7 Å². The second-order valence-corrected chi connectivity index (χ2v) is 3.81. The Morgan fingerprint density at radius 1 is 1.46 bits per heavy atom. The maximum Gasteiger partial charge on any atom is 0.109 e. The first-order valence-electron chi connectivity index (χ1n) is 4.46. The number of ether oxygens (including phenoxy) is 2. The van der Waals surface area contributed by atoms with E-state index >= 15 is 0 Å². The molecule has 2 N–H and O–H groups in total. The van der Waals surface area contributed by atoms with Crippen molar-refractivity contribution in [2.75, 3.05) is 20.8 Å². The van der Waals surface area contributed by atoms with E-state index in [9.17, 15) is 5.11 Å². The van der Waals surface area contributed by atoms with Crippen molar-refractivity contribution in [3.8, 4) is 0 Å². The van der Waals surface area contributed by atoms with E-state index in [1.165, 1.54) is 7.11 Å². The molecule has 0 saturated heterocycles. The zero-order valence-electron chi connectivity index (χ0n) is 8.36. The molecule has 1 saturated carbocycles. The van der Waals surface area contributed by atoms with Crippen LogP contribution in [0.3, 0.4) is 0 Å². The van der Waals surface area contributed by atoms with Crippen LogP contribution in [0, 0.1) is 5.92 Å². The first-order valence-corrected chi connectivity index (χ1v) is 4.46. The zero-order chi connectivity index (χ0) is 10.1. The molecule has 0 bridgehead atoms. The molecule has 4 atom stereocenters. The highest BCUT2D eigenvalue weighted by Gasteiger charge is 2.50. The quantitative estimate of drug-likeness (QED) is 0.646. The molecule has 0 amide bonds. The maximum absolute atomic E-state index is 9.85. The monoisotopic (exact) mass is 190 g/mol. The summed E-state index contributed by atoms with van der Waals surface area (Å²) in [7, 11) is 3.10. The third-order valence-electron chi connectivity index (χ3n) is 3.04. The summed E-state index contributed by atoms with van der Waals surface area (Å²) in [5.74, 6) is -0.0371. The second kappa shape index (κ2) is 3.92. The fourth-order valence-corrected chi connectivity index (χ4v) is 2.06. The molecule has 0 aromatic carbocycles. The van der Waals surface area contributed by atoms with Gasteiger partial charge in [0.1, 0.15) is 6.10 Å². The normalized spacial score (nSPS) is 45.5. The molecule has 0 spiro atoms. The Kier molecular flexibility index (Phi) is 3.29. The number of methoxy groups -OCH3 is 2. The van der Waals surface area contributed by atoms with E-state index in [1.807, 2.05) is 6.92 Å². The van der Waals surface area contributed by atoms with Crippen LogP contribution >= 0.6 is 0 Å². The summed E-state index contributed by atoms with van der Waals surface area (Å²) in [5.41, 5.74) is -0.589. The largest absolute Gasteiger partial charge is 0.396 e. The van der Waals surface area contributed by atoms with Gasteiger partial charge < -0.3 is 19.7 Å². The number of aliphatic hydroxyl groups excluding tert-OH is 2. The molecule has 0 aromatic heterocycles. The predicted molar refractivity (Wildman–Crippen MR) is 47.4 cm³/mol. The van der Waals surface area contributed by atoms with Crippen LogP contribution < -0.4 is 0 Å². The number of rotatable bonds is 3. The van der Waals surface area contributed by atoms with Crippen molar-refractivity contribution in [3.05, 3.63) is 0 Å². The fraction of sp³-hybridized carbons (Fsp3) is 1.00. The molecule has 4 heteroatoms. The summed E-state index contributed by atoms with van der Waals surface area (Å²) in [6.45, 7) is 1.86. The van der Waals surface area contributed by atoms with E-state index in [0.717, 1.165) is 0 Å². The molecule has 4 nitrogen and oxygen atoms in total. The van der Waals surface area contributed by atoms with Gasteiger partial charge in [0.25, 0.3) is 0 Å². The first kappa shape index (κ1) is 10.9. The standard InChI is InChI=1S/C9H18O4/c1-9(13-3)4-6(5-10)7(12-2)8(9)11/h6-8,10-11H,4-5H2,1-3H3/t6?,7-,8?,9?/m1/s1. The van der Waals surface area contributed by atoms with Gasteiger partial charge in [-0.15, -0.1) is 0 Å². The summed E-state index contributed by atoms with van der Waals surface area (Å²) in [6, 6.07) is 0. The minimum atomic E-state index is -0.667. The van der Waals surface area contributed by atoms with Gasteiger partial charge in [-0.2, -0.15) is 0 Å². The smallest absolute Gasteiger partial charge is 0.109 e. The van der Waals surface area contributed by atoms with Crippen molar-refractivity contribution in [2.24, 2.45) is 5.92 Å². The third-order valence-corrected chi connectivity index (χ3v) is 3.04. The van der Waals surface area contributed by atoms with Crippen LogP contribution in [-0.2, 0) is 9.47 Å². The molecule has 1 aliphatic carbocycles. The van der Waals surface area contributed by atoms with Gasteiger partial charge in [-0.25, -0.2) is 0 Å². The predicted octanol–water partition coefficient (Wildman–Crippen LogP) is -0.220. The number of aliphatic hydroxyl groups is 2. The molecule has 13 heavy (non-hydrogen) atoms. The molecular formula is C9H18O4. The minimum absolute atomic E-state index is 0.0223. The zero-order valence-corrected chi connectivity index (χ0v) is 8.36. The number of hydrogen-bond acceptors (Lipinski definition) is 4. The molecule has 1 fully saturated rings. The van der Waals surface area contributed by atoms with Crippen molar-refractivity contribution < 1.29 is 19.7 Å². The lowest BCUT2D eigenvalue weighted by Crippen LogP contribution is -2.41. The van der Waals surface area contributed by atoms with Gasteiger partial charge in [-0.05, 0) is 13.3 Å². The van der Waals surface area contributed by atoms with Crippen LogP contribution in [0.25, 0.3) is 0 Å². The molecule has 1 aliphatic rings. The molecular weight excluding hydrogens is 172 g/mol. The molecule has 1 rings (SSSR count). The summed E-state index contributed by atoms with van der Waals surface area (Å²) in [5, 5.41) is 18.9. The molecule has 3 unspecified atom stereocenters. The Bertz CT molecular complexity index is 173. The van der Waals surface area contributed by atoms with Gasteiger partial charge >= 0.3 is 0 Å². The van der Waals surface area contributed by atoms with E-state index in [1.54, 1.807) is 7.11 Å². The highest BCUT2D eigenvalue weighted by atomic mass is 16.5.